The summed E-state index contributed by atoms with van der Waals surface area (Å²) in [6.07, 6.45) is 0.930. The maximum Gasteiger partial charge on any atom is 0.183 e. The Morgan fingerprint density at radius 2 is 1.86 bits per heavy atom. The molecule has 3 heterocycles. The number of hydrogen-bond acceptors (Lipinski definition) is 8. The first kappa shape index (κ1) is 24.4. The Hall–Kier alpha value is -3.70. The van der Waals surface area contributed by atoms with Gasteiger partial charge in [-0.3, -0.25) is 4.68 Å². The largest absolute Gasteiger partial charge is 0.368 e. The first-order valence-electron chi connectivity index (χ1n) is 11.1. The average molecular weight is 485 g/mol. The molecular weight excluding hydrogens is 458 g/mol. The average Bonchev–Trinajstić information content (AvgIpc) is 3.49. The Kier molecular flexibility index (Phi) is 7.17. The Morgan fingerprint density at radius 1 is 1.09 bits per heavy atom. The van der Waals surface area contributed by atoms with Crippen LogP contribution in [-0.2, 0) is 6.54 Å². The molecule has 4 aromatic rings. The molecule has 0 fully saturated rings. The second-order valence-electron chi connectivity index (χ2n) is 8.55. The number of halogens is 2. The highest BCUT2D eigenvalue weighted by Gasteiger charge is 2.26. The summed E-state index contributed by atoms with van der Waals surface area (Å²) in [5, 5.41) is 27.5. The minimum Gasteiger partial charge on any atom is -0.368 e. The highest BCUT2D eigenvalue weighted by atomic mass is 19.1. The Morgan fingerprint density at radius 3 is 2.51 bits per heavy atom. The van der Waals surface area contributed by atoms with Crippen molar-refractivity contribution in [3.05, 3.63) is 66.1 Å². The molecule has 9 nitrogen and oxygen atoms in total. The lowest BCUT2D eigenvalue weighted by molar-refractivity contribution is -0.0521. The Labute approximate surface area is 200 Å². The summed E-state index contributed by atoms with van der Waals surface area (Å²) in [6.45, 7) is 3.92. The predicted molar refractivity (Wildman–Crippen MR) is 124 cm³/mol. The van der Waals surface area contributed by atoms with Crippen molar-refractivity contribution in [3.63, 3.8) is 0 Å². The zero-order chi connectivity index (χ0) is 25.1. The van der Waals surface area contributed by atoms with Crippen LogP contribution < -0.4 is 4.90 Å². The van der Waals surface area contributed by atoms with Gasteiger partial charge in [-0.2, -0.15) is 5.10 Å². The monoisotopic (exact) mass is 484 g/mol. The van der Waals surface area contributed by atoms with Crippen LogP contribution in [0.1, 0.15) is 25.8 Å². The summed E-state index contributed by atoms with van der Waals surface area (Å²) in [5.74, 6) is -0.892. The lowest BCUT2D eigenvalue weighted by Gasteiger charge is -2.32. The maximum absolute atomic E-state index is 14.8. The smallest absolute Gasteiger partial charge is 0.183 e. The van der Waals surface area contributed by atoms with Crippen molar-refractivity contribution >= 4 is 5.82 Å². The van der Waals surface area contributed by atoms with Crippen LogP contribution in [0, 0.1) is 17.6 Å². The molecule has 0 aliphatic rings. The van der Waals surface area contributed by atoms with E-state index in [1.54, 1.807) is 47.0 Å². The third-order valence-corrected chi connectivity index (χ3v) is 5.77. The second-order valence-corrected chi connectivity index (χ2v) is 8.55. The van der Waals surface area contributed by atoms with Gasteiger partial charge < -0.3 is 19.6 Å². The van der Waals surface area contributed by atoms with Crippen molar-refractivity contribution in [1.82, 2.24) is 24.9 Å². The molecule has 11 heteroatoms. The van der Waals surface area contributed by atoms with Crippen molar-refractivity contribution in [2.45, 2.75) is 39.1 Å². The highest BCUT2D eigenvalue weighted by Crippen LogP contribution is 2.28. The summed E-state index contributed by atoms with van der Waals surface area (Å²) >= 11 is 0. The molecule has 0 aliphatic carbocycles. The molecule has 0 bridgehead atoms. The first-order chi connectivity index (χ1) is 16.7. The molecule has 1 aromatic carbocycles. The van der Waals surface area contributed by atoms with Gasteiger partial charge in [-0.05, 0) is 18.1 Å². The molecule has 1 atom stereocenters. The molecule has 0 saturated heterocycles. The van der Waals surface area contributed by atoms with Crippen LogP contribution in [0.4, 0.5) is 14.6 Å². The number of nitrogens with zero attached hydrogens (tertiary/aromatic N) is 6. The molecule has 35 heavy (non-hydrogen) atoms. The first-order valence-corrected chi connectivity index (χ1v) is 11.1. The number of benzene rings is 1. The van der Waals surface area contributed by atoms with E-state index in [1.165, 1.54) is 12.3 Å². The van der Waals surface area contributed by atoms with E-state index in [1.807, 2.05) is 13.8 Å². The van der Waals surface area contributed by atoms with Gasteiger partial charge in [0, 0.05) is 31.1 Å². The summed E-state index contributed by atoms with van der Waals surface area (Å²) < 4.78 is 35.6. The van der Waals surface area contributed by atoms with Gasteiger partial charge in [0.05, 0.1) is 18.4 Å². The van der Waals surface area contributed by atoms with Gasteiger partial charge in [0.2, 0.25) is 0 Å². The molecule has 0 radical (unpaired) electrons. The number of rotatable bonds is 9. The summed E-state index contributed by atoms with van der Waals surface area (Å²) in [5.41, 5.74) is 1.78. The van der Waals surface area contributed by atoms with E-state index in [-0.39, 0.29) is 36.3 Å². The van der Waals surface area contributed by atoms with Gasteiger partial charge in [-0.15, -0.1) is 0 Å². The molecule has 2 N–H and O–H groups in total. The fraction of sp³-hybridized carbons (Fsp3) is 0.333. The number of hydrogen-bond donors (Lipinski definition) is 2. The SMILES string of the molecule is CC(C)[C@H](CC(O)O)N(C)c1nc(-c2cc(-c3ccon3)n(Cc3ccccc3F)n2)ncc1F. The van der Waals surface area contributed by atoms with E-state index in [2.05, 4.69) is 20.2 Å². The molecule has 0 spiro atoms. The topological polar surface area (TPSA) is 113 Å². The van der Waals surface area contributed by atoms with Crippen molar-refractivity contribution in [2.24, 2.45) is 5.92 Å². The summed E-state index contributed by atoms with van der Waals surface area (Å²) in [7, 11) is 1.64. The zero-order valence-electron chi connectivity index (χ0n) is 19.5. The van der Waals surface area contributed by atoms with Crippen molar-refractivity contribution < 1.29 is 23.5 Å². The third-order valence-electron chi connectivity index (χ3n) is 5.77. The van der Waals surface area contributed by atoms with Gasteiger partial charge >= 0.3 is 0 Å². The van der Waals surface area contributed by atoms with E-state index in [9.17, 15) is 19.0 Å². The number of aromatic nitrogens is 5. The van der Waals surface area contributed by atoms with Gasteiger partial charge in [0.15, 0.2) is 23.7 Å². The number of anilines is 1. The number of aliphatic hydroxyl groups excluding tert-OH is 1. The van der Waals surface area contributed by atoms with Crippen molar-refractivity contribution in [3.8, 4) is 22.9 Å². The summed E-state index contributed by atoms with van der Waals surface area (Å²) in [6, 6.07) is 9.30. The molecule has 184 valence electrons. The van der Waals surface area contributed by atoms with Gasteiger partial charge in [-0.25, -0.2) is 18.7 Å². The fourth-order valence-electron chi connectivity index (χ4n) is 3.96. The van der Waals surface area contributed by atoms with Crippen LogP contribution in [0.25, 0.3) is 22.9 Å². The van der Waals surface area contributed by atoms with Crippen LogP contribution in [0.15, 0.2) is 53.4 Å². The lowest BCUT2D eigenvalue weighted by atomic mass is 9.99. The van der Waals surface area contributed by atoms with E-state index in [0.29, 0.717) is 22.6 Å². The van der Waals surface area contributed by atoms with Crippen molar-refractivity contribution in [2.75, 3.05) is 11.9 Å². The van der Waals surface area contributed by atoms with E-state index < -0.39 is 18.1 Å². The standard InChI is InChI=1S/C24H26F2N6O3/c1-14(2)20(11-22(33)34)31(3)24-17(26)12-27-23(28-24)19-10-21(18-8-9-35-30-18)32(29-19)13-15-6-4-5-7-16(15)25/h4-10,12,14,20,22,33-34H,11,13H2,1-3H3/t20-/m0/s1. The molecule has 3 aromatic heterocycles. The Bertz CT molecular complexity index is 1280. The van der Waals surface area contributed by atoms with E-state index in [0.717, 1.165) is 6.20 Å². The van der Waals surface area contributed by atoms with Crippen LogP contribution in [0.2, 0.25) is 0 Å². The third kappa shape index (κ3) is 5.36. The minimum absolute atomic E-state index is 0.000917. The van der Waals surface area contributed by atoms with Crippen molar-refractivity contribution in [1.29, 1.82) is 0 Å². The van der Waals surface area contributed by atoms with Crippen LogP contribution in [0.3, 0.4) is 0 Å². The molecule has 0 saturated carbocycles. The second kappa shape index (κ2) is 10.3. The quantitative estimate of drug-likeness (QED) is 0.347. The zero-order valence-corrected chi connectivity index (χ0v) is 19.5. The number of aliphatic hydroxyl groups is 2. The predicted octanol–water partition coefficient (Wildman–Crippen LogP) is 3.48. The van der Waals surface area contributed by atoms with Gasteiger partial charge in [-0.1, -0.05) is 37.2 Å². The summed E-state index contributed by atoms with van der Waals surface area (Å²) in [4.78, 5) is 10.1. The van der Waals surface area contributed by atoms with E-state index >= 15 is 0 Å². The van der Waals surface area contributed by atoms with Crippen LogP contribution >= 0.6 is 0 Å². The minimum atomic E-state index is -1.55. The van der Waals surface area contributed by atoms with Gasteiger partial charge in [0.1, 0.15) is 23.5 Å². The molecule has 0 amide bonds. The molecule has 0 aliphatic heterocycles. The van der Waals surface area contributed by atoms with Gasteiger partial charge in [0.25, 0.3) is 0 Å². The van der Waals surface area contributed by atoms with Crippen LogP contribution in [-0.4, -0.2) is 54.5 Å². The lowest BCUT2D eigenvalue weighted by Crippen LogP contribution is -2.39. The van der Waals surface area contributed by atoms with Crippen LogP contribution in [0.5, 0.6) is 0 Å². The van der Waals surface area contributed by atoms with E-state index in [4.69, 9.17) is 4.52 Å². The molecule has 0 unspecified atom stereocenters. The highest BCUT2D eigenvalue weighted by molar-refractivity contribution is 5.63. The fourth-order valence-corrected chi connectivity index (χ4v) is 3.96. The Balaban J connectivity index is 1.74. The molecule has 4 rings (SSSR count). The normalized spacial score (nSPS) is 12.5. The maximum atomic E-state index is 14.8. The molecular formula is C24H26F2N6O3.